The highest BCUT2D eigenvalue weighted by Gasteiger charge is 2.36. The molecular weight excluding hydrogens is 408 g/mol. The summed E-state index contributed by atoms with van der Waals surface area (Å²) >= 11 is 5.98. The average molecular weight is 431 g/mol. The summed E-state index contributed by atoms with van der Waals surface area (Å²) in [6.45, 7) is 1.99. The first-order valence-electron chi connectivity index (χ1n) is 9.61. The van der Waals surface area contributed by atoms with Crippen molar-refractivity contribution in [2.75, 3.05) is 5.75 Å². The minimum absolute atomic E-state index is 0.0738. The summed E-state index contributed by atoms with van der Waals surface area (Å²) < 4.78 is 24.7. The first-order chi connectivity index (χ1) is 13.8. The predicted molar refractivity (Wildman–Crippen MR) is 112 cm³/mol. The van der Waals surface area contributed by atoms with Crippen LogP contribution in [0, 0.1) is 11.3 Å². The van der Waals surface area contributed by atoms with Crippen molar-refractivity contribution >= 4 is 27.3 Å². The van der Waals surface area contributed by atoms with E-state index in [1.165, 1.54) is 12.1 Å². The van der Waals surface area contributed by atoms with E-state index in [0.29, 0.717) is 17.0 Å². The van der Waals surface area contributed by atoms with Crippen molar-refractivity contribution in [1.29, 1.82) is 5.26 Å². The highest BCUT2D eigenvalue weighted by molar-refractivity contribution is 7.91. The van der Waals surface area contributed by atoms with Gasteiger partial charge in [0.05, 0.1) is 22.8 Å². The van der Waals surface area contributed by atoms with E-state index >= 15 is 0 Å². The van der Waals surface area contributed by atoms with Crippen LogP contribution in [0.15, 0.2) is 53.4 Å². The Bertz CT molecular complexity index is 1010. The maximum absolute atomic E-state index is 13.2. The van der Waals surface area contributed by atoms with Crippen LogP contribution < -0.4 is 0 Å². The summed E-state index contributed by atoms with van der Waals surface area (Å²) in [5, 5.41) is 9.23. The Balaban J connectivity index is 1.79. The Kier molecular flexibility index (Phi) is 6.61. The topological polar surface area (TPSA) is 78.2 Å². The molecule has 0 aliphatic heterocycles. The summed E-state index contributed by atoms with van der Waals surface area (Å²) in [7, 11) is -3.45. The lowest BCUT2D eigenvalue weighted by Crippen LogP contribution is -2.35. The molecule has 1 atom stereocenters. The molecule has 3 rings (SSSR count). The lowest BCUT2D eigenvalue weighted by atomic mass is 10.1. The van der Waals surface area contributed by atoms with Crippen molar-refractivity contribution in [1.82, 2.24) is 4.90 Å². The van der Waals surface area contributed by atoms with E-state index in [1.807, 2.05) is 42.2 Å². The molecule has 0 aromatic heterocycles. The number of hydrogen-bond donors (Lipinski definition) is 0. The quantitative estimate of drug-likeness (QED) is 0.564. The van der Waals surface area contributed by atoms with Gasteiger partial charge >= 0.3 is 0 Å². The summed E-state index contributed by atoms with van der Waals surface area (Å²) in [6, 6.07) is 15.6. The highest BCUT2D eigenvalue weighted by Crippen LogP contribution is 2.36. The Morgan fingerprint density at radius 2 is 1.79 bits per heavy atom. The fourth-order valence-corrected chi connectivity index (χ4v) is 4.76. The minimum Gasteiger partial charge on any atom is -0.329 e. The summed E-state index contributed by atoms with van der Waals surface area (Å²) in [4.78, 5) is 15.2. The number of nitriles is 1. The van der Waals surface area contributed by atoms with Crippen LogP contribution in [0.5, 0.6) is 0 Å². The van der Waals surface area contributed by atoms with Gasteiger partial charge in [0.25, 0.3) is 5.91 Å². The SMILES string of the molecule is CC(c1ccc(Cl)cc1)N(C(=O)c1ccc(S(=O)(=O)CCCC#N)cc1)C1CC1. The largest absolute Gasteiger partial charge is 0.329 e. The Labute approximate surface area is 176 Å². The average Bonchev–Trinajstić information content (AvgIpc) is 3.54. The number of unbranched alkanes of at least 4 members (excludes halogenated alkanes) is 1. The van der Waals surface area contributed by atoms with Crippen LogP contribution in [0.1, 0.15) is 54.6 Å². The van der Waals surface area contributed by atoms with Crippen molar-refractivity contribution in [3.8, 4) is 6.07 Å². The van der Waals surface area contributed by atoms with Crippen LogP contribution in [-0.4, -0.2) is 31.0 Å². The van der Waals surface area contributed by atoms with Gasteiger partial charge < -0.3 is 4.90 Å². The second kappa shape index (κ2) is 8.98. The second-order valence-corrected chi connectivity index (χ2v) is 9.82. The molecule has 0 heterocycles. The van der Waals surface area contributed by atoms with Gasteiger partial charge in [0, 0.05) is 23.0 Å². The summed E-state index contributed by atoms with van der Waals surface area (Å²) in [6.07, 6.45) is 2.44. The number of hydrogen-bond acceptors (Lipinski definition) is 4. The molecule has 0 N–H and O–H groups in total. The number of halogens is 1. The fourth-order valence-electron chi connectivity index (χ4n) is 3.33. The molecule has 1 saturated carbocycles. The Morgan fingerprint density at radius 1 is 1.17 bits per heavy atom. The van der Waals surface area contributed by atoms with E-state index < -0.39 is 9.84 Å². The van der Waals surface area contributed by atoms with Crippen LogP contribution in [0.25, 0.3) is 0 Å². The number of carbonyl (C=O) groups excluding carboxylic acids is 1. The molecule has 7 heteroatoms. The number of sulfone groups is 1. The maximum atomic E-state index is 13.2. The highest BCUT2D eigenvalue weighted by atomic mass is 35.5. The van der Waals surface area contributed by atoms with E-state index in [2.05, 4.69) is 0 Å². The molecule has 0 radical (unpaired) electrons. The first kappa shape index (κ1) is 21.4. The second-order valence-electron chi connectivity index (χ2n) is 7.28. The molecule has 1 aliphatic rings. The molecule has 1 aliphatic carbocycles. The first-order valence-corrected chi connectivity index (χ1v) is 11.6. The molecule has 2 aromatic rings. The molecule has 1 unspecified atom stereocenters. The van der Waals surface area contributed by atoms with Crippen LogP contribution in [-0.2, 0) is 9.84 Å². The Hall–Kier alpha value is -2.36. The Morgan fingerprint density at radius 3 is 2.34 bits per heavy atom. The van der Waals surface area contributed by atoms with Crippen LogP contribution in [0.3, 0.4) is 0 Å². The third kappa shape index (κ3) is 5.17. The normalized spacial score (nSPS) is 14.8. The van der Waals surface area contributed by atoms with Gasteiger partial charge in [0.2, 0.25) is 0 Å². The van der Waals surface area contributed by atoms with Gasteiger partial charge in [-0.3, -0.25) is 4.79 Å². The summed E-state index contributed by atoms with van der Waals surface area (Å²) in [5.74, 6) is -0.182. The van der Waals surface area contributed by atoms with Crippen LogP contribution >= 0.6 is 11.6 Å². The van der Waals surface area contributed by atoms with Crippen molar-refractivity contribution in [3.63, 3.8) is 0 Å². The molecule has 1 amide bonds. The van der Waals surface area contributed by atoms with Gasteiger partial charge in [-0.2, -0.15) is 5.26 Å². The van der Waals surface area contributed by atoms with Crippen LogP contribution in [0.2, 0.25) is 5.02 Å². The van der Waals surface area contributed by atoms with E-state index in [1.54, 1.807) is 12.1 Å². The zero-order valence-electron chi connectivity index (χ0n) is 16.2. The minimum atomic E-state index is -3.45. The van der Waals surface area contributed by atoms with E-state index in [4.69, 9.17) is 16.9 Å². The summed E-state index contributed by atoms with van der Waals surface area (Å²) in [5.41, 5.74) is 1.47. The van der Waals surface area contributed by atoms with Crippen molar-refractivity contribution in [2.24, 2.45) is 0 Å². The number of benzene rings is 2. The molecular formula is C22H23ClN2O3S. The number of amides is 1. The molecule has 0 saturated heterocycles. The standard InChI is InChI=1S/C22H23ClN2O3S/c1-16(17-4-8-19(23)9-5-17)25(20-10-11-20)22(26)18-6-12-21(13-7-18)29(27,28)15-3-2-14-24/h4-9,12-13,16,20H,2-3,10-11,15H2,1H3. The molecule has 152 valence electrons. The van der Waals surface area contributed by atoms with Gasteiger partial charge in [0.15, 0.2) is 9.84 Å². The van der Waals surface area contributed by atoms with Gasteiger partial charge in [-0.1, -0.05) is 23.7 Å². The lowest BCUT2D eigenvalue weighted by Gasteiger charge is -2.30. The van der Waals surface area contributed by atoms with Gasteiger partial charge in [-0.05, 0) is 68.1 Å². The van der Waals surface area contributed by atoms with Gasteiger partial charge in [-0.15, -0.1) is 0 Å². The van der Waals surface area contributed by atoms with Gasteiger partial charge in [-0.25, -0.2) is 8.42 Å². The van der Waals surface area contributed by atoms with Crippen LogP contribution in [0.4, 0.5) is 0 Å². The third-order valence-corrected chi connectivity index (χ3v) is 7.17. The molecule has 29 heavy (non-hydrogen) atoms. The zero-order chi connectivity index (χ0) is 21.0. The fraction of sp³-hybridized carbons (Fsp3) is 0.364. The van der Waals surface area contributed by atoms with Crippen molar-refractivity contribution in [2.45, 2.75) is 49.6 Å². The number of carbonyl (C=O) groups is 1. The number of nitrogens with zero attached hydrogens (tertiary/aromatic N) is 2. The predicted octanol–water partition coefficient (Wildman–Crippen LogP) is 4.78. The zero-order valence-corrected chi connectivity index (χ0v) is 17.8. The molecule has 2 aromatic carbocycles. The number of rotatable bonds is 8. The molecule has 0 spiro atoms. The van der Waals surface area contributed by atoms with E-state index in [9.17, 15) is 13.2 Å². The molecule has 0 bridgehead atoms. The van der Waals surface area contributed by atoms with Gasteiger partial charge in [0.1, 0.15) is 0 Å². The molecule has 1 fully saturated rings. The maximum Gasteiger partial charge on any atom is 0.254 e. The monoisotopic (exact) mass is 430 g/mol. The lowest BCUT2D eigenvalue weighted by molar-refractivity contribution is 0.0674. The van der Waals surface area contributed by atoms with E-state index in [0.717, 1.165) is 18.4 Å². The van der Waals surface area contributed by atoms with Crippen molar-refractivity contribution < 1.29 is 13.2 Å². The molecule has 5 nitrogen and oxygen atoms in total. The van der Waals surface area contributed by atoms with E-state index in [-0.39, 0.29) is 35.1 Å². The van der Waals surface area contributed by atoms with Crippen molar-refractivity contribution in [3.05, 3.63) is 64.7 Å². The smallest absolute Gasteiger partial charge is 0.254 e. The third-order valence-electron chi connectivity index (χ3n) is 5.11.